The van der Waals surface area contributed by atoms with Gasteiger partial charge in [0.25, 0.3) is 0 Å². The number of thioether (sulfide) groups is 1. The summed E-state index contributed by atoms with van der Waals surface area (Å²) in [6.07, 6.45) is 0.931. The molecule has 0 radical (unpaired) electrons. The van der Waals surface area contributed by atoms with Crippen LogP contribution in [-0.4, -0.2) is 40.2 Å². The number of amides is 3. The fourth-order valence-corrected chi connectivity index (χ4v) is 2.84. The first-order valence-electron chi connectivity index (χ1n) is 6.86. The zero-order chi connectivity index (χ0) is 15.4. The number of nitrogens with one attached hydrogen (secondary N) is 1. The fourth-order valence-electron chi connectivity index (χ4n) is 2.02. The molecular formula is C15H18N2O3S. The number of hydrogen-bond donors (Lipinski definition) is 1. The molecule has 0 aliphatic carbocycles. The number of aryl methyl sites for hydroxylation is 1. The number of hydrogen-bond acceptors (Lipinski definition) is 4. The average Bonchev–Trinajstić information content (AvgIpc) is 2.48. The van der Waals surface area contributed by atoms with Gasteiger partial charge in [-0.05, 0) is 31.0 Å². The Labute approximate surface area is 128 Å². The normalized spacial score (nSPS) is 18.8. The van der Waals surface area contributed by atoms with Crippen molar-refractivity contribution in [1.82, 2.24) is 4.90 Å². The molecule has 1 saturated heterocycles. The Kier molecular flexibility index (Phi) is 5.01. The Morgan fingerprint density at radius 1 is 1.33 bits per heavy atom. The standard InChI is InChI=1S/C15H18N2O3S/c1-3-11-4-6-12(7-5-11)16-13(18)8-17-14(19)9-21-10(2)15(17)20/h4-7,10H,3,8-9H2,1-2H3,(H,16,18). The van der Waals surface area contributed by atoms with E-state index in [1.165, 1.54) is 17.3 Å². The number of carbonyl (C=O) groups is 3. The van der Waals surface area contributed by atoms with Crippen LogP contribution in [0.3, 0.4) is 0 Å². The summed E-state index contributed by atoms with van der Waals surface area (Å²) >= 11 is 1.30. The predicted octanol–water partition coefficient (Wildman–Crippen LogP) is 1.68. The van der Waals surface area contributed by atoms with Gasteiger partial charge in [-0.15, -0.1) is 11.8 Å². The molecule has 1 aliphatic rings. The largest absolute Gasteiger partial charge is 0.325 e. The molecule has 1 fully saturated rings. The molecule has 1 heterocycles. The second kappa shape index (κ2) is 6.76. The van der Waals surface area contributed by atoms with E-state index in [0.29, 0.717) is 5.69 Å². The van der Waals surface area contributed by atoms with Crippen LogP contribution in [0.5, 0.6) is 0 Å². The van der Waals surface area contributed by atoms with Crippen LogP contribution in [-0.2, 0) is 20.8 Å². The van der Waals surface area contributed by atoms with Crippen molar-refractivity contribution in [1.29, 1.82) is 0 Å². The molecule has 6 heteroatoms. The van der Waals surface area contributed by atoms with E-state index >= 15 is 0 Å². The van der Waals surface area contributed by atoms with Crippen molar-refractivity contribution in [3.63, 3.8) is 0 Å². The van der Waals surface area contributed by atoms with Gasteiger partial charge in [-0.1, -0.05) is 19.1 Å². The lowest BCUT2D eigenvalue weighted by molar-refractivity contribution is -0.145. The van der Waals surface area contributed by atoms with Crippen LogP contribution in [0.1, 0.15) is 19.4 Å². The summed E-state index contributed by atoms with van der Waals surface area (Å²) in [4.78, 5) is 36.6. The molecular weight excluding hydrogens is 288 g/mol. The van der Waals surface area contributed by atoms with Crippen LogP contribution >= 0.6 is 11.8 Å². The quantitative estimate of drug-likeness (QED) is 0.860. The zero-order valence-electron chi connectivity index (χ0n) is 12.1. The third kappa shape index (κ3) is 3.85. The van der Waals surface area contributed by atoms with Crippen molar-refractivity contribution < 1.29 is 14.4 Å². The lowest BCUT2D eigenvalue weighted by Gasteiger charge is -2.27. The Morgan fingerprint density at radius 3 is 2.62 bits per heavy atom. The van der Waals surface area contributed by atoms with E-state index < -0.39 is 0 Å². The van der Waals surface area contributed by atoms with Gasteiger partial charge in [0.15, 0.2) is 0 Å². The van der Waals surface area contributed by atoms with Gasteiger partial charge in [0.05, 0.1) is 11.0 Å². The van der Waals surface area contributed by atoms with E-state index in [9.17, 15) is 14.4 Å². The minimum atomic E-state index is -0.361. The highest BCUT2D eigenvalue weighted by Crippen LogP contribution is 2.20. The van der Waals surface area contributed by atoms with Gasteiger partial charge in [0.1, 0.15) is 6.54 Å². The van der Waals surface area contributed by atoms with Gasteiger partial charge in [0, 0.05) is 5.69 Å². The van der Waals surface area contributed by atoms with Crippen molar-refractivity contribution >= 4 is 35.2 Å². The predicted molar refractivity (Wildman–Crippen MR) is 83.1 cm³/mol. The fraction of sp³-hybridized carbons (Fsp3) is 0.400. The molecule has 21 heavy (non-hydrogen) atoms. The highest BCUT2D eigenvalue weighted by Gasteiger charge is 2.33. The highest BCUT2D eigenvalue weighted by molar-refractivity contribution is 8.01. The summed E-state index contributed by atoms with van der Waals surface area (Å²) in [5.74, 6) is -0.724. The summed E-state index contributed by atoms with van der Waals surface area (Å²) in [6, 6.07) is 7.50. The van der Waals surface area contributed by atoms with Gasteiger partial charge in [-0.3, -0.25) is 19.3 Å². The number of benzene rings is 1. The third-order valence-electron chi connectivity index (χ3n) is 3.32. The van der Waals surface area contributed by atoms with Crippen molar-refractivity contribution in [2.24, 2.45) is 0 Å². The summed E-state index contributed by atoms with van der Waals surface area (Å²) < 4.78 is 0. The summed E-state index contributed by atoms with van der Waals surface area (Å²) in [5, 5.41) is 2.43. The van der Waals surface area contributed by atoms with Crippen molar-refractivity contribution in [2.45, 2.75) is 25.5 Å². The first kappa shape index (κ1) is 15.6. The minimum Gasteiger partial charge on any atom is -0.325 e. The van der Waals surface area contributed by atoms with Gasteiger partial charge < -0.3 is 5.32 Å². The Balaban J connectivity index is 1.97. The molecule has 5 nitrogen and oxygen atoms in total. The topological polar surface area (TPSA) is 66.5 Å². The maximum absolute atomic E-state index is 12.0. The van der Waals surface area contributed by atoms with Gasteiger partial charge in [0.2, 0.25) is 17.7 Å². The first-order chi connectivity index (χ1) is 10.0. The van der Waals surface area contributed by atoms with Crippen LogP contribution in [0.25, 0.3) is 0 Å². The second-order valence-corrected chi connectivity index (χ2v) is 6.20. The van der Waals surface area contributed by atoms with Crippen molar-refractivity contribution in [3.05, 3.63) is 29.8 Å². The molecule has 1 atom stereocenters. The van der Waals surface area contributed by atoms with E-state index in [1.54, 1.807) is 6.92 Å². The lowest BCUT2D eigenvalue weighted by Crippen LogP contribution is -2.49. The smallest absolute Gasteiger partial charge is 0.244 e. The van der Waals surface area contributed by atoms with Gasteiger partial charge in [-0.25, -0.2) is 0 Å². The first-order valence-corrected chi connectivity index (χ1v) is 7.90. The van der Waals surface area contributed by atoms with E-state index in [2.05, 4.69) is 12.2 Å². The van der Waals surface area contributed by atoms with Crippen LogP contribution < -0.4 is 5.32 Å². The minimum absolute atomic E-state index is 0.224. The van der Waals surface area contributed by atoms with Crippen molar-refractivity contribution in [3.8, 4) is 0 Å². The molecule has 0 spiro atoms. The van der Waals surface area contributed by atoms with Crippen LogP contribution in [0.15, 0.2) is 24.3 Å². The molecule has 1 unspecified atom stereocenters. The number of carbonyl (C=O) groups excluding carboxylic acids is 3. The van der Waals surface area contributed by atoms with E-state index in [0.717, 1.165) is 11.3 Å². The Hall–Kier alpha value is -1.82. The molecule has 3 amide bonds. The number of nitrogens with zero attached hydrogens (tertiary/aromatic N) is 1. The van der Waals surface area contributed by atoms with E-state index in [1.807, 2.05) is 24.3 Å². The lowest BCUT2D eigenvalue weighted by atomic mass is 10.1. The molecule has 0 bridgehead atoms. The summed E-state index contributed by atoms with van der Waals surface area (Å²) in [6.45, 7) is 3.58. The second-order valence-electron chi connectivity index (χ2n) is 4.87. The maximum Gasteiger partial charge on any atom is 0.244 e. The van der Waals surface area contributed by atoms with E-state index in [4.69, 9.17) is 0 Å². The van der Waals surface area contributed by atoms with E-state index in [-0.39, 0.29) is 35.3 Å². The SMILES string of the molecule is CCc1ccc(NC(=O)CN2C(=O)CSC(C)C2=O)cc1. The van der Waals surface area contributed by atoms with Gasteiger partial charge in [-0.2, -0.15) is 0 Å². The van der Waals surface area contributed by atoms with Crippen LogP contribution in [0, 0.1) is 0 Å². The van der Waals surface area contributed by atoms with Crippen LogP contribution in [0.2, 0.25) is 0 Å². The molecule has 1 aliphatic heterocycles. The Bertz CT molecular complexity index is 557. The molecule has 2 rings (SSSR count). The zero-order valence-corrected chi connectivity index (χ0v) is 12.9. The van der Waals surface area contributed by atoms with Gasteiger partial charge >= 0.3 is 0 Å². The summed E-state index contributed by atoms with van der Waals surface area (Å²) in [5.41, 5.74) is 1.84. The van der Waals surface area contributed by atoms with Crippen molar-refractivity contribution in [2.75, 3.05) is 17.6 Å². The molecule has 0 aromatic heterocycles. The Morgan fingerprint density at radius 2 is 2.00 bits per heavy atom. The molecule has 1 N–H and O–H groups in total. The highest BCUT2D eigenvalue weighted by atomic mass is 32.2. The average molecular weight is 306 g/mol. The molecule has 1 aromatic rings. The number of imide groups is 1. The van der Waals surface area contributed by atoms with Crippen LogP contribution in [0.4, 0.5) is 5.69 Å². The summed E-state index contributed by atoms with van der Waals surface area (Å²) in [7, 11) is 0. The molecule has 1 aromatic carbocycles. The number of anilines is 1. The monoisotopic (exact) mass is 306 g/mol. The maximum atomic E-state index is 12.0. The molecule has 112 valence electrons. The number of rotatable bonds is 4. The molecule has 0 saturated carbocycles. The third-order valence-corrected chi connectivity index (χ3v) is 4.43.